The maximum Gasteiger partial charge on any atom is 0.223 e. The van der Waals surface area contributed by atoms with Gasteiger partial charge in [-0.1, -0.05) is 12.1 Å². The van der Waals surface area contributed by atoms with Crippen molar-refractivity contribution in [2.24, 2.45) is 5.92 Å². The van der Waals surface area contributed by atoms with Crippen molar-refractivity contribution in [3.05, 3.63) is 29.6 Å². The predicted octanol–water partition coefficient (Wildman–Crippen LogP) is 2.65. The van der Waals surface area contributed by atoms with Crippen LogP contribution in [0.3, 0.4) is 0 Å². The van der Waals surface area contributed by atoms with E-state index in [-0.39, 0.29) is 5.91 Å². The number of fused-ring (bicyclic) bond motifs is 1. The van der Waals surface area contributed by atoms with Gasteiger partial charge in [0.25, 0.3) is 0 Å². The van der Waals surface area contributed by atoms with E-state index in [0.29, 0.717) is 12.8 Å². The van der Waals surface area contributed by atoms with Gasteiger partial charge < -0.3 is 15.2 Å². The Labute approximate surface area is 143 Å². The highest BCUT2D eigenvalue weighted by Gasteiger charge is 2.22. The van der Waals surface area contributed by atoms with Gasteiger partial charge in [-0.2, -0.15) is 0 Å². The maximum atomic E-state index is 12.4. The minimum absolute atomic E-state index is 0.263. The Morgan fingerprint density at radius 1 is 1.38 bits per heavy atom. The number of nitrogens with zero attached hydrogens (tertiary/aromatic N) is 2. The number of imidazole rings is 1. The van der Waals surface area contributed by atoms with E-state index in [4.69, 9.17) is 0 Å². The molecule has 0 saturated carbocycles. The van der Waals surface area contributed by atoms with Crippen LogP contribution in [-0.4, -0.2) is 47.5 Å². The number of hydrogen-bond acceptors (Lipinski definition) is 3. The Balaban J connectivity index is 1.49. The molecule has 1 aliphatic rings. The number of piperidine rings is 1. The van der Waals surface area contributed by atoms with Crippen LogP contribution in [0, 0.1) is 12.8 Å². The van der Waals surface area contributed by atoms with E-state index in [2.05, 4.69) is 28.3 Å². The molecule has 24 heavy (non-hydrogen) atoms. The smallest absolute Gasteiger partial charge is 0.223 e. The fourth-order valence-electron chi connectivity index (χ4n) is 3.55. The zero-order chi connectivity index (χ0) is 16.9. The first-order valence-electron chi connectivity index (χ1n) is 9.04. The average molecular weight is 328 g/mol. The van der Waals surface area contributed by atoms with Crippen LogP contribution in [0.2, 0.25) is 0 Å². The second kappa shape index (κ2) is 7.79. The number of aryl methyl sites for hydroxylation is 2. The lowest BCUT2D eigenvalue weighted by atomic mass is 9.93. The first kappa shape index (κ1) is 17.0. The number of hydrogen-bond donors (Lipinski definition) is 2. The molecule has 0 atom stereocenters. The molecule has 0 spiro atoms. The highest BCUT2D eigenvalue weighted by atomic mass is 16.2. The lowest BCUT2D eigenvalue weighted by Gasteiger charge is -2.32. The number of carbonyl (C=O) groups excluding carboxylic acids is 1. The molecule has 1 aromatic heterocycles. The highest BCUT2D eigenvalue weighted by Crippen LogP contribution is 2.21. The molecule has 0 aliphatic carbocycles. The van der Waals surface area contributed by atoms with Gasteiger partial charge in [-0.15, -0.1) is 0 Å². The number of nitrogens with one attached hydrogen (secondary N) is 2. The van der Waals surface area contributed by atoms with Crippen LogP contribution in [0.5, 0.6) is 0 Å². The molecule has 5 nitrogen and oxygen atoms in total. The fourth-order valence-corrected chi connectivity index (χ4v) is 3.55. The zero-order valence-corrected chi connectivity index (χ0v) is 14.8. The van der Waals surface area contributed by atoms with Gasteiger partial charge in [0.1, 0.15) is 5.82 Å². The Morgan fingerprint density at radius 3 is 2.88 bits per heavy atom. The van der Waals surface area contributed by atoms with E-state index in [1.807, 2.05) is 24.1 Å². The largest absolute Gasteiger partial charge is 0.343 e. The number of amides is 1. The van der Waals surface area contributed by atoms with Gasteiger partial charge >= 0.3 is 0 Å². The lowest BCUT2D eigenvalue weighted by Crippen LogP contribution is -2.39. The fraction of sp³-hybridized carbons (Fsp3) is 0.579. The van der Waals surface area contributed by atoms with Crippen LogP contribution in [0.25, 0.3) is 11.0 Å². The second-order valence-electron chi connectivity index (χ2n) is 6.87. The van der Waals surface area contributed by atoms with Crippen molar-refractivity contribution in [1.82, 2.24) is 20.2 Å². The normalized spacial score (nSPS) is 16.0. The summed E-state index contributed by atoms with van der Waals surface area (Å²) in [6.07, 6.45) is 4.72. The Bertz CT molecular complexity index is 686. The maximum absolute atomic E-state index is 12.4. The molecule has 2 aromatic rings. The van der Waals surface area contributed by atoms with Gasteiger partial charge in [-0.05, 0) is 57.3 Å². The quantitative estimate of drug-likeness (QED) is 0.857. The Morgan fingerprint density at radius 2 is 2.17 bits per heavy atom. The third kappa shape index (κ3) is 3.96. The molecule has 0 radical (unpaired) electrons. The molecule has 0 bridgehead atoms. The summed E-state index contributed by atoms with van der Waals surface area (Å²) in [6.45, 7) is 4.96. The summed E-state index contributed by atoms with van der Waals surface area (Å²) in [5.74, 6) is 1.94. The van der Waals surface area contributed by atoms with Crippen molar-refractivity contribution in [3.8, 4) is 0 Å². The van der Waals surface area contributed by atoms with E-state index >= 15 is 0 Å². The summed E-state index contributed by atoms with van der Waals surface area (Å²) in [5, 5.41) is 3.21. The molecule has 130 valence electrons. The molecule has 5 heteroatoms. The number of para-hydroxylation sites is 1. The SMILES string of the molecule is CNCCC1CCN(C(=O)CCc2nc3c(C)cccc3[nH]2)CC1. The molecule has 2 N–H and O–H groups in total. The molecule has 1 aliphatic heterocycles. The molecule has 0 unspecified atom stereocenters. The van der Waals surface area contributed by atoms with Crippen LogP contribution in [-0.2, 0) is 11.2 Å². The van der Waals surface area contributed by atoms with Crippen molar-refractivity contribution in [2.45, 2.75) is 39.0 Å². The summed E-state index contributed by atoms with van der Waals surface area (Å²) in [7, 11) is 2.00. The molecule has 1 fully saturated rings. The topological polar surface area (TPSA) is 61.0 Å². The van der Waals surface area contributed by atoms with E-state index in [0.717, 1.165) is 55.3 Å². The van der Waals surface area contributed by atoms with Gasteiger partial charge in [0.15, 0.2) is 0 Å². The van der Waals surface area contributed by atoms with Crippen molar-refractivity contribution in [1.29, 1.82) is 0 Å². The summed E-state index contributed by atoms with van der Waals surface area (Å²) in [4.78, 5) is 22.5. The first-order chi connectivity index (χ1) is 11.7. The molecule has 1 aromatic carbocycles. The monoisotopic (exact) mass is 328 g/mol. The standard InChI is InChI=1S/C19H28N4O/c1-14-4-3-5-16-19(14)22-17(21-16)6-7-18(24)23-12-9-15(10-13-23)8-11-20-2/h3-5,15,20H,6-13H2,1-2H3,(H,21,22). The molecular formula is C19H28N4O. The minimum atomic E-state index is 0.263. The van der Waals surface area contributed by atoms with Gasteiger partial charge in [-0.3, -0.25) is 4.79 Å². The van der Waals surface area contributed by atoms with Crippen LogP contribution < -0.4 is 5.32 Å². The Hall–Kier alpha value is -1.88. The third-order valence-corrected chi connectivity index (χ3v) is 5.11. The van der Waals surface area contributed by atoms with Crippen LogP contribution in [0.15, 0.2) is 18.2 Å². The first-order valence-corrected chi connectivity index (χ1v) is 9.04. The zero-order valence-electron chi connectivity index (χ0n) is 14.8. The van der Waals surface area contributed by atoms with E-state index < -0.39 is 0 Å². The minimum Gasteiger partial charge on any atom is -0.343 e. The predicted molar refractivity (Wildman–Crippen MR) is 97.0 cm³/mol. The third-order valence-electron chi connectivity index (χ3n) is 5.11. The number of likely N-dealkylation sites (tertiary alicyclic amines) is 1. The summed E-state index contributed by atoms with van der Waals surface area (Å²) in [5.41, 5.74) is 3.25. The number of aromatic amines is 1. The Kier molecular flexibility index (Phi) is 5.51. The van der Waals surface area contributed by atoms with Crippen molar-refractivity contribution >= 4 is 16.9 Å². The van der Waals surface area contributed by atoms with Gasteiger partial charge in [-0.25, -0.2) is 4.98 Å². The number of H-pyrrole nitrogens is 1. The summed E-state index contributed by atoms with van der Waals surface area (Å²) < 4.78 is 0. The van der Waals surface area contributed by atoms with Crippen LogP contribution >= 0.6 is 0 Å². The van der Waals surface area contributed by atoms with E-state index in [9.17, 15) is 4.79 Å². The lowest BCUT2D eigenvalue weighted by molar-refractivity contribution is -0.132. The van der Waals surface area contributed by atoms with Gasteiger partial charge in [0, 0.05) is 25.9 Å². The van der Waals surface area contributed by atoms with Gasteiger partial charge in [0.2, 0.25) is 5.91 Å². The average Bonchev–Trinajstić information content (AvgIpc) is 3.03. The molecule has 3 rings (SSSR count). The number of aromatic nitrogens is 2. The highest BCUT2D eigenvalue weighted by molar-refractivity contribution is 5.79. The molecular weight excluding hydrogens is 300 g/mol. The number of benzene rings is 1. The van der Waals surface area contributed by atoms with Crippen LogP contribution in [0.1, 0.15) is 37.1 Å². The van der Waals surface area contributed by atoms with Crippen molar-refractivity contribution in [2.75, 3.05) is 26.7 Å². The van der Waals surface area contributed by atoms with Crippen molar-refractivity contribution < 1.29 is 4.79 Å². The van der Waals surface area contributed by atoms with Crippen LogP contribution in [0.4, 0.5) is 0 Å². The van der Waals surface area contributed by atoms with E-state index in [1.165, 1.54) is 12.0 Å². The summed E-state index contributed by atoms with van der Waals surface area (Å²) in [6, 6.07) is 6.13. The summed E-state index contributed by atoms with van der Waals surface area (Å²) >= 11 is 0. The molecule has 1 saturated heterocycles. The number of rotatable bonds is 6. The van der Waals surface area contributed by atoms with E-state index in [1.54, 1.807) is 0 Å². The molecule has 2 heterocycles. The number of carbonyl (C=O) groups is 1. The van der Waals surface area contributed by atoms with Crippen molar-refractivity contribution in [3.63, 3.8) is 0 Å². The second-order valence-corrected chi connectivity index (χ2v) is 6.87. The molecule has 1 amide bonds. The van der Waals surface area contributed by atoms with Gasteiger partial charge in [0.05, 0.1) is 11.0 Å².